The van der Waals surface area contributed by atoms with E-state index in [1.807, 2.05) is 29.3 Å². The number of carbonyl (C=O) groups excluding carboxylic acids is 1. The van der Waals surface area contributed by atoms with Crippen molar-refractivity contribution in [2.75, 3.05) is 6.54 Å². The molecule has 19 heavy (non-hydrogen) atoms. The molecule has 2 aromatic rings. The Bertz CT molecular complexity index is 633. The molecular formula is C15H15IN2O. The van der Waals surface area contributed by atoms with Crippen molar-refractivity contribution < 1.29 is 4.79 Å². The first-order valence-corrected chi connectivity index (χ1v) is 7.42. The van der Waals surface area contributed by atoms with Crippen molar-refractivity contribution in [2.45, 2.75) is 20.0 Å². The molecule has 1 aliphatic rings. The van der Waals surface area contributed by atoms with Gasteiger partial charge in [0.2, 0.25) is 0 Å². The van der Waals surface area contributed by atoms with E-state index in [1.165, 1.54) is 11.1 Å². The summed E-state index contributed by atoms with van der Waals surface area (Å²) in [5.41, 5.74) is 3.28. The van der Waals surface area contributed by atoms with Crippen molar-refractivity contribution in [1.82, 2.24) is 9.47 Å². The van der Waals surface area contributed by atoms with Crippen LogP contribution in [0.15, 0.2) is 36.5 Å². The lowest BCUT2D eigenvalue weighted by Crippen LogP contribution is -2.39. The number of aryl methyl sites for hydroxylation is 1. The molecule has 0 saturated carbocycles. The first-order chi connectivity index (χ1) is 9.15. The summed E-state index contributed by atoms with van der Waals surface area (Å²) in [5, 5.41) is 0. The minimum atomic E-state index is 0.136. The summed E-state index contributed by atoms with van der Waals surface area (Å²) in [7, 11) is 0. The lowest BCUT2D eigenvalue weighted by Gasteiger charge is -2.28. The van der Waals surface area contributed by atoms with Gasteiger partial charge in [-0.1, -0.05) is 24.3 Å². The maximum Gasteiger partial charge on any atom is 0.270 e. The predicted octanol–water partition coefficient (Wildman–Crippen LogP) is 3.06. The van der Waals surface area contributed by atoms with E-state index in [0.717, 1.165) is 22.4 Å². The lowest BCUT2D eigenvalue weighted by atomic mass is 10.1. The molecule has 1 amide bonds. The van der Waals surface area contributed by atoms with Crippen molar-refractivity contribution >= 4 is 28.5 Å². The summed E-state index contributed by atoms with van der Waals surface area (Å²) in [6, 6.07) is 10.2. The van der Waals surface area contributed by atoms with E-state index in [4.69, 9.17) is 0 Å². The van der Waals surface area contributed by atoms with Crippen molar-refractivity contribution in [3.63, 3.8) is 0 Å². The molecule has 0 spiro atoms. The third-order valence-corrected chi connectivity index (χ3v) is 4.19. The number of halogens is 1. The monoisotopic (exact) mass is 366 g/mol. The van der Waals surface area contributed by atoms with Gasteiger partial charge >= 0.3 is 0 Å². The van der Waals surface area contributed by atoms with Crippen molar-refractivity contribution in [3.8, 4) is 0 Å². The van der Waals surface area contributed by atoms with Gasteiger partial charge in [0, 0.05) is 29.4 Å². The van der Waals surface area contributed by atoms with Crippen LogP contribution >= 0.6 is 22.6 Å². The van der Waals surface area contributed by atoms with Gasteiger partial charge < -0.3 is 9.47 Å². The van der Waals surface area contributed by atoms with Crippen LogP contribution in [0.5, 0.6) is 0 Å². The van der Waals surface area contributed by atoms with Gasteiger partial charge in [-0.15, -0.1) is 0 Å². The lowest BCUT2D eigenvalue weighted by molar-refractivity contribution is 0.0691. The molecule has 98 valence electrons. The van der Waals surface area contributed by atoms with Gasteiger partial charge in [0.15, 0.2) is 0 Å². The van der Waals surface area contributed by atoms with E-state index in [-0.39, 0.29) is 5.91 Å². The fraction of sp³-hybridized carbons (Fsp3) is 0.267. The highest BCUT2D eigenvalue weighted by Crippen LogP contribution is 2.20. The topological polar surface area (TPSA) is 25.2 Å². The Balaban J connectivity index is 1.85. The molecule has 0 fully saturated rings. The van der Waals surface area contributed by atoms with Gasteiger partial charge in [-0.05, 0) is 46.7 Å². The Morgan fingerprint density at radius 2 is 2.05 bits per heavy atom. The summed E-state index contributed by atoms with van der Waals surface area (Å²) in [6.45, 7) is 4.46. The standard InChI is InChI=1S/C15H15IN2O/c1-11-4-2-3-5-12(11)9-18-7-6-17-10-13(16)8-14(17)15(18)19/h2-5,8,10H,6-7,9H2,1H3. The summed E-state index contributed by atoms with van der Waals surface area (Å²) in [4.78, 5) is 14.4. The zero-order chi connectivity index (χ0) is 13.4. The molecule has 0 saturated heterocycles. The number of nitrogens with zero attached hydrogens (tertiary/aromatic N) is 2. The molecule has 0 unspecified atom stereocenters. The number of carbonyl (C=O) groups is 1. The van der Waals surface area contributed by atoms with Crippen molar-refractivity contribution in [1.29, 1.82) is 0 Å². The molecule has 3 rings (SSSR count). The van der Waals surface area contributed by atoms with Gasteiger partial charge in [-0.2, -0.15) is 0 Å². The molecule has 1 aromatic carbocycles. The van der Waals surface area contributed by atoms with Crippen molar-refractivity contribution in [2.24, 2.45) is 0 Å². The molecule has 3 nitrogen and oxygen atoms in total. The number of rotatable bonds is 2. The maximum atomic E-state index is 12.4. The van der Waals surface area contributed by atoms with E-state index in [0.29, 0.717) is 6.54 Å². The second-order valence-corrected chi connectivity index (χ2v) is 6.14. The smallest absolute Gasteiger partial charge is 0.270 e. The van der Waals surface area contributed by atoms with E-state index < -0.39 is 0 Å². The summed E-state index contributed by atoms with van der Waals surface area (Å²) >= 11 is 2.26. The largest absolute Gasteiger partial charge is 0.341 e. The molecule has 0 bridgehead atoms. The van der Waals surface area contributed by atoms with Crippen LogP contribution in [0.1, 0.15) is 21.6 Å². The number of aromatic nitrogens is 1. The Morgan fingerprint density at radius 1 is 1.26 bits per heavy atom. The second kappa shape index (κ2) is 5.00. The highest BCUT2D eigenvalue weighted by molar-refractivity contribution is 14.1. The molecule has 2 heterocycles. The Hall–Kier alpha value is -1.30. The highest BCUT2D eigenvalue weighted by atomic mass is 127. The number of hydrogen-bond donors (Lipinski definition) is 0. The van der Waals surface area contributed by atoms with Gasteiger partial charge in [-0.3, -0.25) is 4.79 Å². The Kier molecular flexibility index (Phi) is 3.35. The minimum absolute atomic E-state index is 0.136. The van der Waals surface area contributed by atoms with Crippen LogP contribution in [0.3, 0.4) is 0 Å². The highest BCUT2D eigenvalue weighted by Gasteiger charge is 2.25. The van der Waals surface area contributed by atoms with Crippen LogP contribution < -0.4 is 0 Å². The van der Waals surface area contributed by atoms with Gasteiger partial charge in [0.05, 0.1) is 0 Å². The Labute approximate surface area is 126 Å². The van der Waals surface area contributed by atoms with Crippen LogP contribution in [0.4, 0.5) is 0 Å². The molecule has 0 aliphatic carbocycles. The molecule has 1 aromatic heterocycles. The van der Waals surface area contributed by atoms with Gasteiger partial charge in [0.25, 0.3) is 5.91 Å². The minimum Gasteiger partial charge on any atom is -0.341 e. The van der Waals surface area contributed by atoms with Crippen molar-refractivity contribution in [3.05, 3.63) is 56.9 Å². The fourth-order valence-corrected chi connectivity index (χ4v) is 3.11. The van der Waals surface area contributed by atoms with E-state index in [9.17, 15) is 4.79 Å². The van der Waals surface area contributed by atoms with E-state index in [1.54, 1.807) is 0 Å². The number of amides is 1. The van der Waals surface area contributed by atoms with Crippen LogP contribution in [0, 0.1) is 10.5 Å². The first-order valence-electron chi connectivity index (χ1n) is 6.34. The van der Waals surface area contributed by atoms with Crippen LogP contribution in [0.25, 0.3) is 0 Å². The quantitative estimate of drug-likeness (QED) is 0.750. The predicted molar refractivity (Wildman–Crippen MR) is 83.1 cm³/mol. The zero-order valence-corrected chi connectivity index (χ0v) is 12.9. The average Bonchev–Trinajstić information content (AvgIpc) is 2.77. The second-order valence-electron chi connectivity index (χ2n) is 4.89. The molecule has 4 heteroatoms. The van der Waals surface area contributed by atoms with Crippen LogP contribution in [0.2, 0.25) is 0 Å². The number of hydrogen-bond acceptors (Lipinski definition) is 1. The normalized spacial score (nSPS) is 14.6. The molecule has 0 atom stereocenters. The first kappa shape index (κ1) is 12.7. The Morgan fingerprint density at radius 3 is 2.84 bits per heavy atom. The maximum absolute atomic E-state index is 12.4. The van der Waals surface area contributed by atoms with Crippen LogP contribution in [-0.4, -0.2) is 21.9 Å². The number of fused-ring (bicyclic) bond motifs is 1. The summed E-state index contributed by atoms with van der Waals surface area (Å²) < 4.78 is 3.18. The summed E-state index contributed by atoms with van der Waals surface area (Å²) in [6.07, 6.45) is 2.04. The zero-order valence-electron chi connectivity index (χ0n) is 10.8. The molecular weight excluding hydrogens is 351 g/mol. The van der Waals surface area contributed by atoms with E-state index >= 15 is 0 Å². The van der Waals surface area contributed by atoms with Crippen LogP contribution in [-0.2, 0) is 13.1 Å². The third kappa shape index (κ3) is 2.41. The summed E-state index contributed by atoms with van der Waals surface area (Å²) in [5.74, 6) is 0.136. The van der Waals surface area contributed by atoms with E-state index in [2.05, 4.69) is 46.2 Å². The molecule has 0 N–H and O–H groups in total. The molecule has 1 aliphatic heterocycles. The SMILES string of the molecule is Cc1ccccc1CN1CCn2cc(I)cc2C1=O. The average molecular weight is 366 g/mol. The van der Waals surface area contributed by atoms with Gasteiger partial charge in [-0.25, -0.2) is 0 Å². The fourth-order valence-electron chi connectivity index (χ4n) is 2.47. The molecule has 0 radical (unpaired) electrons. The van der Waals surface area contributed by atoms with Gasteiger partial charge in [0.1, 0.15) is 5.69 Å². The number of benzene rings is 1. The third-order valence-electron chi connectivity index (χ3n) is 3.60.